The quantitative estimate of drug-likeness (QED) is 0.856. The molecule has 0 spiro atoms. The van der Waals surface area contributed by atoms with E-state index in [1.807, 2.05) is 0 Å². The maximum absolute atomic E-state index is 6.12. The highest BCUT2D eigenvalue weighted by molar-refractivity contribution is 5.68. The van der Waals surface area contributed by atoms with Gasteiger partial charge in [0.25, 0.3) is 0 Å². The summed E-state index contributed by atoms with van der Waals surface area (Å²) < 4.78 is 5.55. The van der Waals surface area contributed by atoms with Crippen LogP contribution in [-0.4, -0.2) is 54.7 Å². The van der Waals surface area contributed by atoms with Crippen LogP contribution in [0.4, 0.5) is 11.5 Å². The third-order valence-corrected chi connectivity index (χ3v) is 3.46. The number of nitrogens with zero attached hydrogens (tertiary/aromatic N) is 4. The summed E-state index contributed by atoms with van der Waals surface area (Å²) in [5.41, 5.74) is 6.67. The van der Waals surface area contributed by atoms with Gasteiger partial charge in [-0.2, -0.15) is 4.98 Å². The molecule has 2 rings (SSSR count). The highest BCUT2D eigenvalue weighted by Crippen LogP contribution is 2.30. The molecule has 0 bridgehead atoms. The van der Waals surface area contributed by atoms with Gasteiger partial charge in [0.1, 0.15) is 12.0 Å². The molecule has 0 aromatic carbocycles. The first-order valence-corrected chi connectivity index (χ1v) is 6.78. The molecule has 1 aromatic heterocycles. The molecule has 6 nitrogen and oxygen atoms in total. The SMILES string of the molecule is CCCOc1ncnc(N2CCC(N(C)C)C2)c1N. The van der Waals surface area contributed by atoms with E-state index in [4.69, 9.17) is 10.5 Å². The minimum absolute atomic E-state index is 0.500. The molecule has 1 aliphatic heterocycles. The second-order valence-electron chi connectivity index (χ2n) is 5.12. The summed E-state index contributed by atoms with van der Waals surface area (Å²) in [6.45, 7) is 4.60. The summed E-state index contributed by atoms with van der Waals surface area (Å²) >= 11 is 0. The first-order chi connectivity index (χ1) is 9.13. The van der Waals surface area contributed by atoms with Crippen molar-refractivity contribution in [2.45, 2.75) is 25.8 Å². The average Bonchev–Trinajstić information content (AvgIpc) is 2.87. The van der Waals surface area contributed by atoms with E-state index in [2.05, 4.69) is 40.8 Å². The molecule has 19 heavy (non-hydrogen) atoms. The van der Waals surface area contributed by atoms with Crippen molar-refractivity contribution >= 4 is 11.5 Å². The standard InChI is InChI=1S/C13H23N5O/c1-4-7-19-13-11(14)12(15-9-16-13)18-6-5-10(8-18)17(2)3/h9-10H,4-8,14H2,1-3H3. The fourth-order valence-corrected chi connectivity index (χ4v) is 2.29. The number of ether oxygens (including phenoxy) is 1. The second kappa shape index (κ2) is 6.06. The number of nitrogens with two attached hydrogens (primary N) is 1. The zero-order valence-electron chi connectivity index (χ0n) is 12.0. The fourth-order valence-electron chi connectivity index (χ4n) is 2.29. The zero-order valence-corrected chi connectivity index (χ0v) is 12.0. The van der Waals surface area contributed by atoms with Crippen molar-refractivity contribution in [3.63, 3.8) is 0 Å². The third kappa shape index (κ3) is 3.07. The molecule has 1 atom stereocenters. The minimum Gasteiger partial charge on any atom is -0.476 e. The molecular formula is C13H23N5O. The summed E-state index contributed by atoms with van der Waals surface area (Å²) in [5, 5.41) is 0. The molecule has 1 aliphatic rings. The Balaban J connectivity index is 2.12. The van der Waals surface area contributed by atoms with Crippen molar-refractivity contribution in [3.05, 3.63) is 6.33 Å². The molecule has 0 aliphatic carbocycles. The third-order valence-electron chi connectivity index (χ3n) is 3.46. The Morgan fingerprint density at radius 1 is 1.47 bits per heavy atom. The number of likely N-dealkylation sites (N-methyl/N-ethyl adjacent to an activating group) is 1. The predicted molar refractivity (Wildman–Crippen MR) is 76.5 cm³/mol. The Bertz CT molecular complexity index is 423. The first kappa shape index (κ1) is 13.9. The van der Waals surface area contributed by atoms with E-state index >= 15 is 0 Å². The molecule has 1 fully saturated rings. The van der Waals surface area contributed by atoms with Crippen LogP contribution in [0, 0.1) is 0 Å². The zero-order chi connectivity index (χ0) is 13.8. The lowest BCUT2D eigenvalue weighted by atomic mass is 10.2. The lowest BCUT2D eigenvalue weighted by Crippen LogP contribution is -2.32. The molecule has 1 saturated heterocycles. The van der Waals surface area contributed by atoms with Gasteiger partial charge in [-0.05, 0) is 26.9 Å². The van der Waals surface area contributed by atoms with Gasteiger partial charge in [0.05, 0.1) is 6.61 Å². The smallest absolute Gasteiger partial charge is 0.242 e. The van der Waals surface area contributed by atoms with Crippen LogP contribution >= 0.6 is 0 Å². The van der Waals surface area contributed by atoms with E-state index in [0.29, 0.717) is 24.2 Å². The number of rotatable bonds is 5. The molecule has 106 valence electrons. The van der Waals surface area contributed by atoms with E-state index in [9.17, 15) is 0 Å². The topological polar surface area (TPSA) is 67.5 Å². The summed E-state index contributed by atoms with van der Waals surface area (Å²) in [5.74, 6) is 1.30. The second-order valence-corrected chi connectivity index (χ2v) is 5.12. The predicted octanol–water partition coefficient (Wildman–Crippen LogP) is 0.988. The molecule has 1 unspecified atom stereocenters. The molecule has 1 aromatic rings. The van der Waals surface area contributed by atoms with E-state index < -0.39 is 0 Å². The summed E-state index contributed by atoms with van der Waals surface area (Å²) in [7, 11) is 4.21. The largest absolute Gasteiger partial charge is 0.476 e. The maximum Gasteiger partial charge on any atom is 0.242 e. The van der Waals surface area contributed by atoms with Crippen LogP contribution in [0.5, 0.6) is 5.88 Å². The molecule has 2 N–H and O–H groups in total. The number of nitrogen functional groups attached to an aromatic ring is 1. The Labute approximate surface area is 114 Å². The first-order valence-electron chi connectivity index (χ1n) is 6.78. The van der Waals surface area contributed by atoms with Gasteiger partial charge in [0, 0.05) is 19.1 Å². The normalized spacial score (nSPS) is 19.2. The molecule has 0 saturated carbocycles. The lowest BCUT2D eigenvalue weighted by Gasteiger charge is -2.22. The van der Waals surface area contributed by atoms with Crippen molar-refractivity contribution in [1.82, 2.24) is 14.9 Å². The van der Waals surface area contributed by atoms with E-state index in [0.717, 1.165) is 31.7 Å². The molecule has 2 heterocycles. The van der Waals surface area contributed by atoms with Crippen molar-refractivity contribution < 1.29 is 4.74 Å². The Kier molecular flexibility index (Phi) is 4.42. The summed E-state index contributed by atoms with van der Waals surface area (Å²) in [4.78, 5) is 12.9. The van der Waals surface area contributed by atoms with Crippen LogP contribution in [0.15, 0.2) is 6.33 Å². The highest BCUT2D eigenvalue weighted by Gasteiger charge is 2.27. The van der Waals surface area contributed by atoms with Gasteiger partial charge in [0.2, 0.25) is 5.88 Å². The van der Waals surface area contributed by atoms with Crippen molar-refractivity contribution in [2.24, 2.45) is 0 Å². The number of hydrogen-bond acceptors (Lipinski definition) is 6. The van der Waals surface area contributed by atoms with Gasteiger partial charge >= 0.3 is 0 Å². The van der Waals surface area contributed by atoms with E-state index in [1.165, 1.54) is 6.33 Å². The molecule has 6 heteroatoms. The molecule has 0 radical (unpaired) electrons. The summed E-state index contributed by atoms with van der Waals surface area (Å²) in [6, 6.07) is 0.550. The van der Waals surface area contributed by atoms with Gasteiger partial charge in [-0.1, -0.05) is 6.92 Å². The van der Waals surface area contributed by atoms with Crippen LogP contribution in [0.25, 0.3) is 0 Å². The lowest BCUT2D eigenvalue weighted by molar-refractivity contribution is 0.306. The fraction of sp³-hybridized carbons (Fsp3) is 0.692. The van der Waals surface area contributed by atoms with Crippen LogP contribution < -0.4 is 15.4 Å². The average molecular weight is 265 g/mol. The van der Waals surface area contributed by atoms with Crippen LogP contribution in [0.2, 0.25) is 0 Å². The maximum atomic E-state index is 6.12. The van der Waals surface area contributed by atoms with Crippen LogP contribution in [0.3, 0.4) is 0 Å². The van der Waals surface area contributed by atoms with Gasteiger partial charge in [0.15, 0.2) is 5.82 Å². The van der Waals surface area contributed by atoms with E-state index in [-0.39, 0.29) is 0 Å². The molecule has 0 amide bonds. The molecular weight excluding hydrogens is 242 g/mol. The van der Waals surface area contributed by atoms with Crippen LogP contribution in [0.1, 0.15) is 19.8 Å². The minimum atomic E-state index is 0.500. The number of aromatic nitrogens is 2. The number of hydrogen-bond donors (Lipinski definition) is 1. The van der Waals surface area contributed by atoms with Crippen molar-refractivity contribution in [1.29, 1.82) is 0 Å². The monoisotopic (exact) mass is 265 g/mol. The van der Waals surface area contributed by atoms with Gasteiger partial charge in [-0.15, -0.1) is 0 Å². The highest BCUT2D eigenvalue weighted by atomic mass is 16.5. The van der Waals surface area contributed by atoms with Gasteiger partial charge in [-0.25, -0.2) is 4.98 Å². The van der Waals surface area contributed by atoms with E-state index in [1.54, 1.807) is 0 Å². The van der Waals surface area contributed by atoms with Crippen molar-refractivity contribution in [3.8, 4) is 5.88 Å². The van der Waals surface area contributed by atoms with Crippen molar-refractivity contribution in [2.75, 3.05) is 44.4 Å². The van der Waals surface area contributed by atoms with Gasteiger partial charge in [-0.3, -0.25) is 0 Å². The van der Waals surface area contributed by atoms with Crippen LogP contribution in [-0.2, 0) is 0 Å². The Morgan fingerprint density at radius 3 is 2.89 bits per heavy atom. The Morgan fingerprint density at radius 2 is 2.26 bits per heavy atom. The number of anilines is 2. The summed E-state index contributed by atoms with van der Waals surface area (Å²) in [6.07, 6.45) is 3.59. The Hall–Kier alpha value is -1.56. The van der Waals surface area contributed by atoms with Gasteiger partial charge < -0.3 is 20.3 Å².